The van der Waals surface area contributed by atoms with Crippen molar-refractivity contribution in [2.24, 2.45) is 5.41 Å². The summed E-state index contributed by atoms with van der Waals surface area (Å²) in [5.74, 6) is 0.290. The van der Waals surface area contributed by atoms with Gasteiger partial charge in [-0.1, -0.05) is 0 Å². The lowest BCUT2D eigenvalue weighted by molar-refractivity contribution is -0.143. The lowest BCUT2D eigenvalue weighted by Gasteiger charge is -2.38. The second-order valence-electron chi connectivity index (χ2n) is 6.22. The maximum atomic E-state index is 12.7. The van der Waals surface area contributed by atoms with Gasteiger partial charge in [0.15, 0.2) is 0 Å². The van der Waals surface area contributed by atoms with Crippen LogP contribution >= 0.6 is 12.4 Å². The van der Waals surface area contributed by atoms with Crippen LogP contribution < -0.4 is 5.32 Å². The molecule has 112 valence electrons. The Morgan fingerprint density at radius 3 is 2.84 bits per heavy atom. The van der Waals surface area contributed by atoms with E-state index >= 15 is 0 Å². The standard InChI is InChI=1S/C14H26N2O2.ClH/c1-11(17)9-12-5-3-8-16(12)13(18)14(2)6-4-7-15-10-14;/h11-12,15,17H,3-10H2,1-2H3;1H. The monoisotopic (exact) mass is 290 g/mol. The van der Waals surface area contributed by atoms with E-state index in [1.807, 2.05) is 11.8 Å². The molecule has 0 saturated carbocycles. The number of aliphatic hydroxyl groups is 1. The van der Waals surface area contributed by atoms with Gasteiger partial charge < -0.3 is 15.3 Å². The van der Waals surface area contributed by atoms with Crippen LogP contribution in [0.25, 0.3) is 0 Å². The Kier molecular flexibility index (Phi) is 6.09. The molecule has 2 aliphatic rings. The summed E-state index contributed by atoms with van der Waals surface area (Å²) in [4.78, 5) is 14.7. The minimum Gasteiger partial charge on any atom is -0.393 e. The smallest absolute Gasteiger partial charge is 0.230 e. The molecule has 2 saturated heterocycles. The fraction of sp³-hybridized carbons (Fsp3) is 0.929. The number of piperidine rings is 1. The van der Waals surface area contributed by atoms with Gasteiger partial charge in [0.1, 0.15) is 0 Å². The molecule has 3 unspecified atom stereocenters. The Hall–Kier alpha value is -0.320. The van der Waals surface area contributed by atoms with Gasteiger partial charge in [-0.3, -0.25) is 4.79 Å². The summed E-state index contributed by atoms with van der Waals surface area (Å²) >= 11 is 0. The number of aliphatic hydroxyl groups excluding tert-OH is 1. The van der Waals surface area contributed by atoms with Crippen molar-refractivity contribution in [1.82, 2.24) is 10.2 Å². The minimum atomic E-state index is -0.319. The van der Waals surface area contributed by atoms with Crippen LogP contribution in [0.3, 0.4) is 0 Å². The van der Waals surface area contributed by atoms with E-state index in [1.54, 1.807) is 0 Å². The van der Waals surface area contributed by atoms with Crippen molar-refractivity contribution in [1.29, 1.82) is 0 Å². The molecule has 0 aromatic carbocycles. The predicted octanol–water partition coefficient (Wildman–Crippen LogP) is 1.56. The molecule has 5 heteroatoms. The average molecular weight is 291 g/mol. The number of nitrogens with one attached hydrogen (secondary N) is 1. The van der Waals surface area contributed by atoms with Gasteiger partial charge in [0, 0.05) is 19.1 Å². The molecule has 2 aliphatic heterocycles. The van der Waals surface area contributed by atoms with Crippen LogP contribution in [0, 0.1) is 5.41 Å². The van der Waals surface area contributed by atoms with Crippen molar-refractivity contribution >= 4 is 18.3 Å². The second-order valence-corrected chi connectivity index (χ2v) is 6.22. The topological polar surface area (TPSA) is 52.6 Å². The van der Waals surface area contributed by atoms with Gasteiger partial charge >= 0.3 is 0 Å². The fourth-order valence-corrected chi connectivity index (χ4v) is 3.33. The van der Waals surface area contributed by atoms with Crippen LogP contribution in [-0.4, -0.2) is 47.7 Å². The number of nitrogens with zero attached hydrogens (tertiary/aromatic N) is 1. The quantitative estimate of drug-likeness (QED) is 0.829. The Morgan fingerprint density at radius 2 is 2.26 bits per heavy atom. The Bertz CT molecular complexity index is 304. The maximum absolute atomic E-state index is 12.7. The molecule has 3 atom stereocenters. The number of hydrogen-bond acceptors (Lipinski definition) is 3. The molecule has 1 amide bonds. The summed E-state index contributed by atoms with van der Waals surface area (Å²) in [6.07, 6.45) is 4.58. The molecule has 2 N–H and O–H groups in total. The number of likely N-dealkylation sites (tertiary alicyclic amines) is 1. The number of amides is 1. The molecule has 0 aromatic rings. The zero-order valence-corrected chi connectivity index (χ0v) is 12.8. The van der Waals surface area contributed by atoms with Crippen LogP contribution in [0.15, 0.2) is 0 Å². The van der Waals surface area contributed by atoms with Gasteiger partial charge in [0.25, 0.3) is 0 Å². The van der Waals surface area contributed by atoms with Gasteiger partial charge in [-0.2, -0.15) is 0 Å². The molecular weight excluding hydrogens is 264 g/mol. The van der Waals surface area contributed by atoms with Crippen LogP contribution in [0.4, 0.5) is 0 Å². The third-order valence-corrected chi connectivity index (χ3v) is 4.36. The van der Waals surface area contributed by atoms with Crippen LogP contribution in [-0.2, 0) is 4.79 Å². The first-order chi connectivity index (χ1) is 8.53. The highest BCUT2D eigenvalue weighted by molar-refractivity contribution is 5.85. The average Bonchev–Trinajstić information content (AvgIpc) is 2.76. The van der Waals surface area contributed by atoms with Crippen molar-refractivity contribution in [3.8, 4) is 0 Å². The van der Waals surface area contributed by atoms with Gasteiger partial charge in [0.05, 0.1) is 11.5 Å². The van der Waals surface area contributed by atoms with Crippen molar-refractivity contribution < 1.29 is 9.90 Å². The van der Waals surface area contributed by atoms with E-state index in [-0.39, 0.29) is 35.9 Å². The Morgan fingerprint density at radius 1 is 1.53 bits per heavy atom. The predicted molar refractivity (Wildman–Crippen MR) is 78.5 cm³/mol. The third-order valence-electron chi connectivity index (χ3n) is 4.36. The lowest BCUT2D eigenvalue weighted by atomic mass is 9.81. The van der Waals surface area contributed by atoms with Gasteiger partial charge in [-0.05, 0) is 52.5 Å². The van der Waals surface area contributed by atoms with E-state index in [0.717, 1.165) is 51.7 Å². The van der Waals surface area contributed by atoms with Crippen LogP contribution in [0.2, 0.25) is 0 Å². The highest BCUT2D eigenvalue weighted by atomic mass is 35.5. The highest BCUT2D eigenvalue weighted by Crippen LogP contribution is 2.32. The molecule has 0 aromatic heterocycles. The van der Waals surface area contributed by atoms with E-state index in [4.69, 9.17) is 0 Å². The fourth-order valence-electron chi connectivity index (χ4n) is 3.33. The Labute approximate surface area is 122 Å². The molecule has 0 radical (unpaired) electrons. The summed E-state index contributed by atoms with van der Waals surface area (Å²) < 4.78 is 0. The first kappa shape index (κ1) is 16.7. The van der Waals surface area contributed by atoms with Crippen molar-refractivity contribution in [2.45, 2.75) is 58.1 Å². The molecule has 4 nitrogen and oxygen atoms in total. The zero-order valence-electron chi connectivity index (χ0n) is 12.0. The summed E-state index contributed by atoms with van der Waals surface area (Å²) in [7, 11) is 0. The molecule has 2 heterocycles. The first-order valence-corrected chi connectivity index (χ1v) is 7.23. The number of halogens is 1. The molecule has 2 rings (SSSR count). The number of carbonyl (C=O) groups is 1. The third kappa shape index (κ3) is 3.83. The summed E-state index contributed by atoms with van der Waals surface area (Å²) in [5, 5.41) is 12.9. The highest BCUT2D eigenvalue weighted by Gasteiger charge is 2.41. The molecular formula is C14H27ClN2O2. The van der Waals surface area contributed by atoms with E-state index in [0.29, 0.717) is 0 Å². The number of carbonyl (C=O) groups excluding carboxylic acids is 1. The maximum Gasteiger partial charge on any atom is 0.230 e. The first-order valence-electron chi connectivity index (χ1n) is 7.23. The van der Waals surface area contributed by atoms with Crippen LogP contribution in [0.5, 0.6) is 0 Å². The SMILES string of the molecule is CC(O)CC1CCCN1C(=O)C1(C)CCCNC1.Cl. The van der Waals surface area contributed by atoms with Crippen molar-refractivity contribution in [3.05, 3.63) is 0 Å². The zero-order chi connectivity index (χ0) is 13.2. The van der Waals surface area contributed by atoms with E-state index in [9.17, 15) is 9.90 Å². The summed E-state index contributed by atoms with van der Waals surface area (Å²) in [6.45, 7) is 6.58. The second kappa shape index (κ2) is 6.91. The molecule has 0 aliphatic carbocycles. The number of hydrogen-bond donors (Lipinski definition) is 2. The van der Waals surface area contributed by atoms with E-state index in [2.05, 4.69) is 12.2 Å². The molecule has 19 heavy (non-hydrogen) atoms. The lowest BCUT2D eigenvalue weighted by Crippen LogP contribution is -2.51. The van der Waals surface area contributed by atoms with Gasteiger partial charge in [-0.15, -0.1) is 12.4 Å². The molecule has 0 spiro atoms. The minimum absolute atomic E-state index is 0. The molecule has 2 fully saturated rings. The summed E-state index contributed by atoms with van der Waals surface area (Å²) in [6, 6.07) is 0.247. The van der Waals surface area contributed by atoms with Gasteiger partial charge in [0.2, 0.25) is 5.91 Å². The normalized spacial score (nSPS) is 32.8. The summed E-state index contributed by atoms with van der Waals surface area (Å²) in [5.41, 5.74) is -0.237. The number of rotatable bonds is 3. The van der Waals surface area contributed by atoms with Crippen molar-refractivity contribution in [2.75, 3.05) is 19.6 Å². The van der Waals surface area contributed by atoms with E-state index < -0.39 is 0 Å². The Balaban J connectivity index is 0.00000180. The van der Waals surface area contributed by atoms with Gasteiger partial charge in [-0.25, -0.2) is 0 Å². The largest absolute Gasteiger partial charge is 0.393 e. The molecule has 0 bridgehead atoms. The van der Waals surface area contributed by atoms with E-state index in [1.165, 1.54) is 0 Å². The van der Waals surface area contributed by atoms with Crippen LogP contribution in [0.1, 0.15) is 46.0 Å². The van der Waals surface area contributed by atoms with Crippen molar-refractivity contribution in [3.63, 3.8) is 0 Å².